The summed E-state index contributed by atoms with van der Waals surface area (Å²) in [7, 11) is 1.71. The van der Waals surface area contributed by atoms with Crippen molar-refractivity contribution >= 4 is 41.0 Å². The van der Waals surface area contributed by atoms with Crippen LogP contribution in [0.15, 0.2) is 21.2 Å². The maximum Gasteiger partial charge on any atom is 0.195 e. The van der Waals surface area contributed by atoms with Crippen molar-refractivity contribution in [3.05, 3.63) is 22.4 Å². The molecule has 2 aromatic rings. The van der Waals surface area contributed by atoms with Crippen LogP contribution in [-0.2, 0) is 4.74 Å². The van der Waals surface area contributed by atoms with Gasteiger partial charge in [-0.3, -0.25) is 0 Å². The van der Waals surface area contributed by atoms with E-state index in [1.165, 1.54) is 0 Å². The topological polar surface area (TPSA) is 47.5 Å². The quantitative estimate of drug-likeness (QED) is 0.619. The van der Waals surface area contributed by atoms with Crippen molar-refractivity contribution in [2.75, 3.05) is 37.1 Å². The molecule has 2 rings (SSSR count). The highest BCUT2D eigenvalue weighted by molar-refractivity contribution is 7.99. The number of anilines is 1. The van der Waals surface area contributed by atoms with Gasteiger partial charge in [0.25, 0.3) is 0 Å². The molecule has 0 spiro atoms. The number of hydrogen-bond donors (Lipinski definition) is 1. The van der Waals surface area contributed by atoms with Crippen molar-refractivity contribution in [2.24, 2.45) is 0 Å². The van der Waals surface area contributed by atoms with Crippen LogP contribution >= 0.6 is 24.0 Å². The molecule has 4 nitrogen and oxygen atoms in total. The van der Waals surface area contributed by atoms with E-state index in [1.807, 2.05) is 18.7 Å². The Kier molecular flexibility index (Phi) is 5.30. The Bertz CT molecular complexity index is 591. The molecule has 1 N–H and O–H groups in total. The molecule has 19 heavy (non-hydrogen) atoms. The van der Waals surface area contributed by atoms with Crippen LogP contribution in [0.2, 0.25) is 0 Å². The molecule has 0 aliphatic heterocycles. The molecule has 0 amide bonds. The van der Waals surface area contributed by atoms with Crippen LogP contribution in [0, 0.1) is 11.4 Å². The van der Waals surface area contributed by atoms with Gasteiger partial charge in [0.2, 0.25) is 0 Å². The van der Waals surface area contributed by atoms with Crippen molar-refractivity contribution in [3.63, 3.8) is 0 Å². The van der Waals surface area contributed by atoms with Crippen molar-refractivity contribution < 1.29 is 13.6 Å². The first-order valence-corrected chi connectivity index (χ1v) is 7.61. The zero-order valence-corrected chi connectivity index (χ0v) is 12.7. The lowest BCUT2D eigenvalue weighted by atomic mass is 10.3. The van der Waals surface area contributed by atoms with E-state index in [1.54, 1.807) is 19.4 Å². The van der Waals surface area contributed by atoms with E-state index in [2.05, 4.69) is 5.32 Å². The molecule has 0 aromatic carbocycles. The normalized spacial score (nSPS) is 11.1. The summed E-state index contributed by atoms with van der Waals surface area (Å²) < 4.78 is 16.8. The molecule has 0 saturated heterocycles. The van der Waals surface area contributed by atoms with Crippen LogP contribution in [0.1, 0.15) is 5.56 Å². The van der Waals surface area contributed by atoms with E-state index in [0.717, 1.165) is 35.8 Å². The van der Waals surface area contributed by atoms with E-state index in [0.29, 0.717) is 16.0 Å². The first-order chi connectivity index (χ1) is 9.22. The van der Waals surface area contributed by atoms with Gasteiger partial charge in [0.05, 0.1) is 17.4 Å². The number of ether oxygens (including phenoxy) is 1. The molecule has 0 aliphatic rings. The Hall–Kier alpha value is -0.980. The summed E-state index contributed by atoms with van der Waals surface area (Å²) in [5.74, 6) is 2.68. The van der Waals surface area contributed by atoms with Gasteiger partial charge in [0.15, 0.2) is 17.1 Å². The summed E-state index contributed by atoms with van der Waals surface area (Å²) in [6, 6.07) is 1.79. The Labute approximate surface area is 121 Å². The number of methoxy groups -OCH3 is 1. The van der Waals surface area contributed by atoms with Crippen LogP contribution in [0.5, 0.6) is 0 Å². The molecular formula is C13H17NO3S2. The Morgan fingerprint density at radius 2 is 2.21 bits per heavy atom. The number of hydrogen-bond acceptors (Lipinski definition) is 6. The van der Waals surface area contributed by atoms with E-state index >= 15 is 0 Å². The lowest BCUT2D eigenvalue weighted by molar-refractivity contribution is 0.218. The average Bonchev–Trinajstić information content (AvgIpc) is 2.76. The standard InChI is InChI=1S/C13H17NO3S2/c1-9-8-16-13-10(18)7-11(17-12(9)13)14-3-5-19-6-4-15-2/h7-8,14H,3-6H2,1-2H3. The minimum Gasteiger partial charge on any atom is -0.459 e. The SMILES string of the molecule is COCCSCCNc1cc(=S)c2occ(C)c2o1. The van der Waals surface area contributed by atoms with Crippen LogP contribution < -0.4 is 5.32 Å². The van der Waals surface area contributed by atoms with Gasteiger partial charge in [-0.05, 0) is 6.92 Å². The molecule has 6 heteroatoms. The number of furan rings is 1. The highest BCUT2D eigenvalue weighted by Crippen LogP contribution is 2.25. The van der Waals surface area contributed by atoms with E-state index < -0.39 is 0 Å². The van der Waals surface area contributed by atoms with Crippen molar-refractivity contribution in [1.29, 1.82) is 0 Å². The van der Waals surface area contributed by atoms with Crippen molar-refractivity contribution in [1.82, 2.24) is 0 Å². The third kappa shape index (κ3) is 3.75. The molecule has 0 saturated carbocycles. The lowest BCUT2D eigenvalue weighted by Gasteiger charge is -2.05. The zero-order chi connectivity index (χ0) is 13.7. The van der Waals surface area contributed by atoms with Gasteiger partial charge in [-0.1, -0.05) is 12.2 Å². The molecule has 0 fully saturated rings. The third-order valence-corrected chi connectivity index (χ3v) is 3.84. The first-order valence-electron chi connectivity index (χ1n) is 6.05. The summed E-state index contributed by atoms with van der Waals surface area (Å²) in [6.07, 6.45) is 1.66. The minimum absolute atomic E-state index is 0.646. The summed E-state index contributed by atoms with van der Waals surface area (Å²) >= 11 is 7.11. The molecule has 2 aromatic heterocycles. The summed E-state index contributed by atoms with van der Waals surface area (Å²) in [5, 5.41) is 3.23. The van der Waals surface area contributed by atoms with E-state index in [-0.39, 0.29) is 0 Å². The maximum atomic E-state index is 5.74. The fourth-order valence-electron chi connectivity index (χ4n) is 1.63. The minimum atomic E-state index is 0.646. The van der Waals surface area contributed by atoms with E-state index in [4.69, 9.17) is 25.8 Å². The number of nitrogens with one attached hydrogen (secondary N) is 1. The molecule has 0 radical (unpaired) electrons. The highest BCUT2D eigenvalue weighted by atomic mass is 32.2. The number of rotatable bonds is 7. The van der Waals surface area contributed by atoms with Crippen LogP contribution in [0.3, 0.4) is 0 Å². The van der Waals surface area contributed by atoms with Gasteiger partial charge in [-0.15, -0.1) is 0 Å². The fraction of sp³-hybridized carbons (Fsp3) is 0.462. The third-order valence-electron chi connectivity index (χ3n) is 2.59. The molecule has 0 unspecified atom stereocenters. The molecular weight excluding hydrogens is 282 g/mol. The highest BCUT2D eigenvalue weighted by Gasteiger charge is 2.08. The van der Waals surface area contributed by atoms with Gasteiger partial charge >= 0.3 is 0 Å². The fourth-order valence-corrected chi connectivity index (χ4v) is 2.62. The molecule has 0 atom stereocenters. The molecule has 2 heterocycles. The second-order valence-corrected chi connectivity index (χ2v) is 5.75. The second-order valence-electron chi connectivity index (χ2n) is 4.08. The zero-order valence-electron chi connectivity index (χ0n) is 11.0. The van der Waals surface area contributed by atoms with Gasteiger partial charge in [0.1, 0.15) is 0 Å². The molecule has 104 valence electrons. The van der Waals surface area contributed by atoms with Gasteiger partial charge in [-0.25, -0.2) is 0 Å². The molecule has 0 aliphatic carbocycles. The van der Waals surface area contributed by atoms with Crippen LogP contribution in [0.4, 0.5) is 5.88 Å². The van der Waals surface area contributed by atoms with Gasteiger partial charge in [0, 0.05) is 36.8 Å². The molecule has 0 bridgehead atoms. The second kappa shape index (κ2) is 6.98. The predicted molar refractivity (Wildman–Crippen MR) is 81.7 cm³/mol. The van der Waals surface area contributed by atoms with E-state index in [9.17, 15) is 0 Å². The van der Waals surface area contributed by atoms with Gasteiger partial charge < -0.3 is 18.9 Å². The van der Waals surface area contributed by atoms with Gasteiger partial charge in [-0.2, -0.15) is 11.8 Å². The maximum absolute atomic E-state index is 5.74. The summed E-state index contributed by atoms with van der Waals surface area (Å²) in [6.45, 7) is 3.55. The number of aryl methyl sites for hydroxylation is 1. The Morgan fingerprint density at radius 3 is 3.00 bits per heavy atom. The lowest BCUT2D eigenvalue weighted by Crippen LogP contribution is -2.05. The number of thioether (sulfide) groups is 1. The smallest absolute Gasteiger partial charge is 0.195 e. The monoisotopic (exact) mass is 299 g/mol. The average molecular weight is 299 g/mol. The summed E-state index contributed by atoms with van der Waals surface area (Å²) in [4.78, 5) is 0. The number of fused-ring (bicyclic) bond motifs is 1. The van der Waals surface area contributed by atoms with Crippen LogP contribution in [0.25, 0.3) is 11.2 Å². The van der Waals surface area contributed by atoms with Crippen molar-refractivity contribution in [2.45, 2.75) is 6.92 Å². The van der Waals surface area contributed by atoms with Crippen LogP contribution in [-0.4, -0.2) is 31.8 Å². The Balaban J connectivity index is 1.94. The Morgan fingerprint density at radius 1 is 1.37 bits per heavy atom. The largest absolute Gasteiger partial charge is 0.459 e. The summed E-state index contributed by atoms with van der Waals surface area (Å²) in [5.41, 5.74) is 2.33. The predicted octanol–water partition coefficient (Wildman–Crippen LogP) is 3.86. The first kappa shape index (κ1) is 14.4. The van der Waals surface area contributed by atoms with Crippen molar-refractivity contribution in [3.8, 4) is 0 Å².